The third-order valence-corrected chi connectivity index (χ3v) is 1.80. The molecule has 0 fully saturated rings. The normalized spacial score (nSPS) is 11.5. The van der Waals surface area contributed by atoms with Gasteiger partial charge in [0.15, 0.2) is 0 Å². The predicted molar refractivity (Wildman–Crippen MR) is 50.9 cm³/mol. The number of phenolic OH excluding ortho intramolecular Hbond substituents is 1. The van der Waals surface area contributed by atoms with Gasteiger partial charge in [-0.25, -0.2) is 0 Å². The SMILES string of the molecule is [N-]=[N+]=N[C@@H](C(=O)Cl)c1ccc(O)cc1. The van der Waals surface area contributed by atoms with E-state index in [1.807, 2.05) is 0 Å². The highest BCUT2D eigenvalue weighted by atomic mass is 35.5. The zero-order valence-corrected chi connectivity index (χ0v) is 7.72. The molecule has 0 aromatic heterocycles. The van der Waals surface area contributed by atoms with Crippen LogP contribution in [-0.2, 0) is 4.79 Å². The topological polar surface area (TPSA) is 86.1 Å². The highest BCUT2D eigenvalue weighted by Gasteiger charge is 2.16. The summed E-state index contributed by atoms with van der Waals surface area (Å²) in [7, 11) is 0. The minimum atomic E-state index is -1.04. The van der Waals surface area contributed by atoms with Crippen LogP contribution in [0.25, 0.3) is 10.4 Å². The summed E-state index contributed by atoms with van der Waals surface area (Å²) < 4.78 is 0. The van der Waals surface area contributed by atoms with E-state index in [2.05, 4.69) is 10.0 Å². The van der Waals surface area contributed by atoms with Gasteiger partial charge in [0.25, 0.3) is 0 Å². The van der Waals surface area contributed by atoms with Crippen molar-refractivity contribution in [1.29, 1.82) is 0 Å². The summed E-state index contributed by atoms with van der Waals surface area (Å²) in [5, 5.41) is 11.5. The van der Waals surface area contributed by atoms with Crippen LogP contribution in [0.4, 0.5) is 0 Å². The molecule has 1 atom stereocenters. The lowest BCUT2D eigenvalue weighted by molar-refractivity contribution is -0.112. The van der Waals surface area contributed by atoms with Gasteiger partial charge < -0.3 is 5.11 Å². The molecule has 0 heterocycles. The average molecular weight is 212 g/mol. The first-order chi connectivity index (χ1) is 6.65. The van der Waals surface area contributed by atoms with E-state index in [0.717, 1.165) is 0 Å². The summed E-state index contributed by atoms with van der Waals surface area (Å²) in [6.45, 7) is 0. The molecular weight excluding hydrogens is 206 g/mol. The third kappa shape index (κ3) is 2.39. The van der Waals surface area contributed by atoms with E-state index in [-0.39, 0.29) is 5.75 Å². The Labute approximate surface area is 84.6 Å². The lowest BCUT2D eigenvalue weighted by Crippen LogP contribution is -2.02. The molecule has 72 valence electrons. The van der Waals surface area contributed by atoms with E-state index in [1.165, 1.54) is 24.3 Å². The Balaban J connectivity index is 3.05. The molecule has 1 rings (SSSR count). The minimum Gasteiger partial charge on any atom is -0.508 e. The summed E-state index contributed by atoms with van der Waals surface area (Å²) in [5.41, 5.74) is 8.64. The van der Waals surface area contributed by atoms with Gasteiger partial charge in [0.1, 0.15) is 11.8 Å². The van der Waals surface area contributed by atoms with Crippen molar-refractivity contribution < 1.29 is 9.90 Å². The maximum atomic E-state index is 10.9. The molecule has 0 aliphatic heterocycles. The van der Waals surface area contributed by atoms with Crippen LogP contribution in [0.1, 0.15) is 11.6 Å². The van der Waals surface area contributed by atoms with Crippen LogP contribution >= 0.6 is 11.6 Å². The first kappa shape index (κ1) is 10.4. The molecule has 1 N–H and O–H groups in total. The zero-order valence-electron chi connectivity index (χ0n) is 6.96. The first-order valence-corrected chi connectivity index (χ1v) is 4.05. The second-order valence-corrected chi connectivity index (χ2v) is 2.88. The fourth-order valence-electron chi connectivity index (χ4n) is 0.951. The Morgan fingerprint density at radius 3 is 2.50 bits per heavy atom. The van der Waals surface area contributed by atoms with Crippen molar-refractivity contribution >= 4 is 16.8 Å². The molecule has 1 aromatic rings. The number of hydrogen-bond acceptors (Lipinski definition) is 3. The molecule has 0 bridgehead atoms. The Bertz CT molecular complexity index is 382. The summed E-state index contributed by atoms with van der Waals surface area (Å²) >= 11 is 5.23. The number of aromatic hydroxyl groups is 1. The summed E-state index contributed by atoms with van der Waals surface area (Å²) in [4.78, 5) is 13.4. The Morgan fingerprint density at radius 1 is 1.50 bits per heavy atom. The van der Waals surface area contributed by atoms with Gasteiger partial charge >= 0.3 is 0 Å². The van der Waals surface area contributed by atoms with Crippen molar-refractivity contribution in [1.82, 2.24) is 0 Å². The molecule has 0 aliphatic rings. The number of carbonyl (C=O) groups is 1. The van der Waals surface area contributed by atoms with Gasteiger partial charge in [0.2, 0.25) is 5.24 Å². The Kier molecular flexibility index (Phi) is 3.34. The fourth-order valence-corrected chi connectivity index (χ4v) is 1.12. The molecular formula is C8H6ClN3O2. The monoisotopic (exact) mass is 211 g/mol. The smallest absolute Gasteiger partial charge is 0.235 e. The first-order valence-electron chi connectivity index (χ1n) is 3.67. The van der Waals surface area contributed by atoms with Crippen LogP contribution in [0, 0.1) is 0 Å². The second-order valence-electron chi connectivity index (χ2n) is 2.50. The number of carbonyl (C=O) groups excluding carboxylic acids is 1. The quantitative estimate of drug-likeness (QED) is 0.360. The van der Waals surface area contributed by atoms with Crippen LogP contribution in [-0.4, -0.2) is 10.3 Å². The van der Waals surface area contributed by atoms with Crippen molar-refractivity contribution in [2.45, 2.75) is 6.04 Å². The molecule has 1 aromatic carbocycles. The predicted octanol–water partition coefficient (Wildman–Crippen LogP) is 2.51. The molecule has 0 saturated heterocycles. The van der Waals surface area contributed by atoms with Crippen LogP contribution in [0.3, 0.4) is 0 Å². The molecule has 0 unspecified atom stereocenters. The highest BCUT2D eigenvalue weighted by Crippen LogP contribution is 2.22. The van der Waals surface area contributed by atoms with Gasteiger partial charge in [-0.15, -0.1) is 0 Å². The van der Waals surface area contributed by atoms with E-state index < -0.39 is 11.3 Å². The zero-order chi connectivity index (χ0) is 10.6. The van der Waals surface area contributed by atoms with Gasteiger partial charge in [-0.1, -0.05) is 17.2 Å². The van der Waals surface area contributed by atoms with E-state index in [4.69, 9.17) is 22.2 Å². The number of benzene rings is 1. The highest BCUT2D eigenvalue weighted by molar-refractivity contribution is 6.64. The van der Waals surface area contributed by atoms with Gasteiger partial charge in [0, 0.05) is 4.91 Å². The maximum Gasteiger partial charge on any atom is 0.235 e. The molecule has 0 saturated carbocycles. The van der Waals surface area contributed by atoms with Gasteiger partial charge in [-0.2, -0.15) is 0 Å². The Morgan fingerprint density at radius 2 is 2.07 bits per heavy atom. The molecule has 5 nitrogen and oxygen atoms in total. The van der Waals surface area contributed by atoms with Gasteiger partial charge in [-0.3, -0.25) is 4.79 Å². The van der Waals surface area contributed by atoms with E-state index in [1.54, 1.807) is 0 Å². The van der Waals surface area contributed by atoms with Crippen molar-refractivity contribution in [3.8, 4) is 5.75 Å². The molecule has 6 heteroatoms. The molecule has 0 spiro atoms. The van der Waals surface area contributed by atoms with E-state index in [0.29, 0.717) is 5.56 Å². The molecule has 0 radical (unpaired) electrons. The summed E-state index contributed by atoms with van der Waals surface area (Å²) in [5.74, 6) is 0.0652. The van der Waals surface area contributed by atoms with Crippen LogP contribution < -0.4 is 0 Å². The van der Waals surface area contributed by atoms with E-state index >= 15 is 0 Å². The van der Waals surface area contributed by atoms with Gasteiger partial charge in [0.05, 0.1) is 0 Å². The summed E-state index contributed by atoms with van der Waals surface area (Å²) in [6, 6.07) is 4.66. The maximum absolute atomic E-state index is 10.9. The van der Waals surface area contributed by atoms with E-state index in [9.17, 15) is 4.79 Å². The molecule has 0 aliphatic carbocycles. The van der Waals surface area contributed by atoms with Crippen LogP contribution in [0.5, 0.6) is 5.75 Å². The number of halogens is 1. The lowest BCUT2D eigenvalue weighted by atomic mass is 10.1. The minimum absolute atomic E-state index is 0.0652. The second kappa shape index (κ2) is 4.50. The van der Waals surface area contributed by atoms with Crippen LogP contribution in [0.2, 0.25) is 0 Å². The number of phenols is 1. The number of nitrogens with zero attached hydrogens (tertiary/aromatic N) is 3. The molecule has 14 heavy (non-hydrogen) atoms. The van der Waals surface area contributed by atoms with Crippen molar-refractivity contribution in [2.75, 3.05) is 0 Å². The summed E-state index contributed by atoms with van der Waals surface area (Å²) in [6.07, 6.45) is 0. The van der Waals surface area contributed by atoms with Crippen molar-refractivity contribution in [3.63, 3.8) is 0 Å². The average Bonchev–Trinajstić information content (AvgIpc) is 2.15. The number of rotatable bonds is 3. The Hall–Kier alpha value is -1.71. The standard InChI is InChI=1S/C8H6ClN3O2/c9-8(14)7(11-12-10)5-1-3-6(13)4-2-5/h1-4,7,13H/t7-/m1/s1. The number of azide groups is 1. The van der Waals surface area contributed by atoms with Crippen molar-refractivity contribution in [3.05, 3.63) is 40.3 Å². The molecule has 0 amide bonds. The van der Waals surface area contributed by atoms with Crippen molar-refractivity contribution in [2.24, 2.45) is 5.11 Å². The lowest BCUT2D eigenvalue weighted by Gasteiger charge is -2.05. The fraction of sp³-hybridized carbons (Fsp3) is 0.125. The van der Waals surface area contributed by atoms with Crippen LogP contribution in [0.15, 0.2) is 29.4 Å². The van der Waals surface area contributed by atoms with Gasteiger partial charge in [-0.05, 0) is 34.8 Å². The number of hydrogen-bond donors (Lipinski definition) is 1. The third-order valence-electron chi connectivity index (χ3n) is 1.59. The largest absolute Gasteiger partial charge is 0.508 e.